The second kappa shape index (κ2) is 6.48. The zero-order valence-electron chi connectivity index (χ0n) is 13.7. The van der Waals surface area contributed by atoms with Gasteiger partial charge in [0.15, 0.2) is 0 Å². The summed E-state index contributed by atoms with van der Waals surface area (Å²) in [6, 6.07) is 7.35. The van der Waals surface area contributed by atoms with E-state index in [1.165, 1.54) is 0 Å². The van der Waals surface area contributed by atoms with Gasteiger partial charge in [0.2, 0.25) is 5.91 Å². The average Bonchev–Trinajstić information content (AvgIpc) is 3.00. The van der Waals surface area contributed by atoms with E-state index >= 15 is 0 Å². The molecule has 0 bridgehead atoms. The van der Waals surface area contributed by atoms with Gasteiger partial charge in [-0.3, -0.25) is 14.6 Å². The number of hydrogen-bond acceptors (Lipinski definition) is 3. The maximum atomic E-state index is 12.8. The van der Waals surface area contributed by atoms with Crippen LogP contribution in [0, 0.1) is 0 Å². The van der Waals surface area contributed by atoms with Gasteiger partial charge in [0.1, 0.15) is 0 Å². The van der Waals surface area contributed by atoms with E-state index in [-0.39, 0.29) is 11.8 Å². The summed E-state index contributed by atoms with van der Waals surface area (Å²) in [4.78, 5) is 32.5. The number of nitrogens with zero attached hydrogens (tertiary/aromatic N) is 3. The number of benzene rings is 1. The third kappa shape index (κ3) is 3.12. The second-order valence-electron chi connectivity index (χ2n) is 6.48. The number of carbonyl (C=O) groups excluding carboxylic acids is 2. The van der Waals surface area contributed by atoms with Crippen LogP contribution in [0.5, 0.6) is 0 Å². The maximum Gasteiger partial charge on any atom is 0.258 e. The fourth-order valence-electron chi connectivity index (χ4n) is 3.50. The molecule has 0 N–H and O–H groups in total. The van der Waals surface area contributed by atoms with Crippen LogP contribution in [0.25, 0.3) is 0 Å². The Balaban J connectivity index is 1.58. The van der Waals surface area contributed by atoms with Crippen molar-refractivity contribution in [3.05, 3.63) is 58.4 Å². The van der Waals surface area contributed by atoms with E-state index in [1.54, 1.807) is 29.4 Å². The van der Waals surface area contributed by atoms with Crippen molar-refractivity contribution >= 4 is 29.1 Å². The summed E-state index contributed by atoms with van der Waals surface area (Å²) in [6.07, 6.45) is 5.76. The number of amides is 2. The number of likely N-dealkylation sites (tertiary alicyclic amines) is 1. The zero-order valence-corrected chi connectivity index (χ0v) is 14.5. The molecule has 128 valence electrons. The standard InChI is InChI=1S/C19H18ClN3O2/c20-15-3-4-17-14(9-15)5-7-23(19(17)25)16-8-13(10-21-11-16)12-22-6-1-2-18(22)24/h3-4,8-11H,1-2,5-7,12H2. The molecule has 1 aromatic carbocycles. The first-order chi connectivity index (χ1) is 12.1. The van der Waals surface area contributed by atoms with Crippen molar-refractivity contribution in [2.45, 2.75) is 25.8 Å². The van der Waals surface area contributed by atoms with E-state index in [2.05, 4.69) is 4.98 Å². The third-order valence-electron chi connectivity index (χ3n) is 4.78. The van der Waals surface area contributed by atoms with Gasteiger partial charge in [-0.2, -0.15) is 0 Å². The molecule has 0 atom stereocenters. The highest BCUT2D eigenvalue weighted by Crippen LogP contribution is 2.27. The molecule has 2 aromatic rings. The predicted octanol–water partition coefficient (Wildman–Crippen LogP) is 3.06. The number of aromatic nitrogens is 1. The Morgan fingerprint density at radius 3 is 2.76 bits per heavy atom. The second-order valence-corrected chi connectivity index (χ2v) is 6.91. The van der Waals surface area contributed by atoms with Crippen LogP contribution in [-0.2, 0) is 17.8 Å². The van der Waals surface area contributed by atoms with Crippen LogP contribution in [0.15, 0.2) is 36.7 Å². The molecule has 0 unspecified atom stereocenters. The van der Waals surface area contributed by atoms with E-state index in [4.69, 9.17) is 11.6 Å². The van der Waals surface area contributed by atoms with E-state index in [0.717, 1.165) is 36.2 Å². The van der Waals surface area contributed by atoms with Crippen molar-refractivity contribution in [1.29, 1.82) is 0 Å². The van der Waals surface area contributed by atoms with Crippen molar-refractivity contribution < 1.29 is 9.59 Å². The molecule has 0 saturated carbocycles. The lowest BCUT2D eigenvalue weighted by Crippen LogP contribution is -2.37. The van der Waals surface area contributed by atoms with Crippen molar-refractivity contribution in [2.24, 2.45) is 0 Å². The average molecular weight is 356 g/mol. The lowest BCUT2D eigenvalue weighted by molar-refractivity contribution is -0.128. The number of carbonyl (C=O) groups is 2. The topological polar surface area (TPSA) is 53.5 Å². The minimum atomic E-state index is -0.0332. The number of rotatable bonds is 3. The summed E-state index contributed by atoms with van der Waals surface area (Å²) in [6.45, 7) is 1.94. The first-order valence-electron chi connectivity index (χ1n) is 8.44. The highest BCUT2D eigenvalue weighted by atomic mass is 35.5. The first-order valence-corrected chi connectivity index (χ1v) is 8.81. The van der Waals surface area contributed by atoms with Gasteiger partial charge in [-0.1, -0.05) is 11.6 Å². The Labute approximate surface area is 151 Å². The molecule has 0 spiro atoms. The van der Waals surface area contributed by atoms with Gasteiger partial charge in [0.25, 0.3) is 5.91 Å². The van der Waals surface area contributed by atoms with Crippen molar-refractivity contribution in [1.82, 2.24) is 9.88 Å². The van der Waals surface area contributed by atoms with E-state index < -0.39 is 0 Å². The summed E-state index contributed by atoms with van der Waals surface area (Å²) in [5.41, 5.74) is 3.40. The molecule has 6 heteroatoms. The molecule has 2 amide bonds. The summed E-state index contributed by atoms with van der Waals surface area (Å²) in [7, 11) is 0. The van der Waals surface area contributed by atoms with Gasteiger partial charge in [-0.15, -0.1) is 0 Å². The quantitative estimate of drug-likeness (QED) is 0.850. The normalized spacial score (nSPS) is 17.2. The summed E-state index contributed by atoms with van der Waals surface area (Å²) in [5.74, 6) is 0.152. The van der Waals surface area contributed by atoms with E-state index in [9.17, 15) is 9.59 Å². The maximum absolute atomic E-state index is 12.8. The van der Waals surface area contributed by atoms with Crippen LogP contribution in [0.3, 0.4) is 0 Å². The highest BCUT2D eigenvalue weighted by Gasteiger charge is 2.26. The molecule has 1 fully saturated rings. The highest BCUT2D eigenvalue weighted by molar-refractivity contribution is 6.30. The van der Waals surface area contributed by atoms with Crippen LogP contribution in [-0.4, -0.2) is 34.8 Å². The van der Waals surface area contributed by atoms with Crippen LogP contribution < -0.4 is 4.90 Å². The molecule has 5 nitrogen and oxygen atoms in total. The number of halogens is 1. The Bertz CT molecular complexity index is 852. The molecule has 25 heavy (non-hydrogen) atoms. The van der Waals surface area contributed by atoms with Gasteiger partial charge >= 0.3 is 0 Å². The first kappa shape index (κ1) is 16.1. The SMILES string of the molecule is O=C1CCCN1Cc1cncc(N2CCc3cc(Cl)ccc3C2=O)c1. The van der Waals surface area contributed by atoms with Gasteiger partial charge < -0.3 is 9.80 Å². The van der Waals surface area contributed by atoms with E-state index in [0.29, 0.717) is 30.1 Å². The Morgan fingerprint density at radius 1 is 1.08 bits per heavy atom. The van der Waals surface area contributed by atoms with Gasteiger partial charge in [-0.25, -0.2) is 0 Å². The fourth-order valence-corrected chi connectivity index (χ4v) is 3.70. The summed E-state index contributed by atoms with van der Waals surface area (Å²) in [5, 5.41) is 0.652. The summed E-state index contributed by atoms with van der Waals surface area (Å²) < 4.78 is 0. The van der Waals surface area contributed by atoms with Gasteiger partial charge in [0, 0.05) is 42.8 Å². The minimum absolute atomic E-state index is 0.0332. The molecule has 2 aliphatic rings. The Kier molecular flexibility index (Phi) is 4.17. The van der Waals surface area contributed by atoms with Crippen LogP contribution >= 0.6 is 11.6 Å². The predicted molar refractivity (Wildman–Crippen MR) is 95.7 cm³/mol. The Hall–Kier alpha value is -2.40. The molecule has 1 saturated heterocycles. The smallest absolute Gasteiger partial charge is 0.258 e. The van der Waals surface area contributed by atoms with Crippen molar-refractivity contribution in [2.75, 3.05) is 18.0 Å². The minimum Gasteiger partial charge on any atom is -0.338 e. The molecule has 1 aromatic heterocycles. The molecule has 2 aliphatic heterocycles. The number of fused-ring (bicyclic) bond motifs is 1. The van der Waals surface area contributed by atoms with Crippen molar-refractivity contribution in [3.8, 4) is 0 Å². The van der Waals surface area contributed by atoms with Crippen LogP contribution in [0.1, 0.15) is 34.3 Å². The largest absolute Gasteiger partial charge is 0.338 e. The molecular weight excluding hydrogens is 338 g/mol. The fraction of sp³-hybridized carbons (Fsp3) is 0.316. The van der Waals surface area contributed by atoms with Crippen LogP contribution in [0.4, 0.5) is 5.69 Å². The molecule has 4 rings (SSSR count). The molecule has 3 heterocycles. The summed E-state index contributed by atoms with van der Waals surface area (Å²) >= 11 is 6.02. The van der Waals surface area contributed by atoms with E-state index in [1.807, 2.05) is 17.0 Å². The number of anilines is 1. The Morgan fingerprint density at radius 2 is 1.96 bits per heavy atom. The van der Waals surface area contributed by atoms with Gasteiger partial charge in [0.05, 0.1) is 11.9 Å². The van der Waals surface area contributed by atoms with Crippen molar-refractivity contribution in [3.63, 3.8) is 0 Å². The number of hydrogen-bond donors (Lipinski definition) is 0. The number of pyridine rings is 1. The molecule has 0 radical (unpaired) electrons. The molecule has 0 aliphatic carbocycles. The zero-order chi connectivity index (χ0) is 17.4. The lowest BCUT2D eigenvalue weighted by atomic mass is 9.98. The monoisotopic (exact) mass is 355 g/mol. The lowest BCUT2D eigenvalue weighted by Gasteiger charge is -2.29. The third-order valence-corrected chi connectivity index (χ3v) is 5.02. The van der Waals surface area contributed by atoms with Crippen LogP contribution in [0.2, 0.25) is 5.02 Å². The molecular formula is C19H18ClN3O2. The van der Waals surface area contributed by atoms with Gasteiger partial charge in [-0.05, 0) is 48.2 Å².